The first-order valence-corrected chi connectivity index (χ1v) is 10.6. The van der Waals surface area contributed by atoms with Crippen molar-refractivity contribution in [2.75, 3.05) is 36.8 Å². The fourth-order valence-electron chi connectivity index (χ4n) is 3.30. The summed E-state index contributed by atoms with van der Waals surface area (Å²) in [4.78, 5) is 29.7. The summed E-state index contributed by atoms with van der Waals surface area (Å²) in [6.45, 7) is 7.07. The molecule has 3 heterocycles. The van der Waals surface area contributed by atoms with Crippen LogP contribution >= 0.6 is 11.8 Å². The van der Waals surface area contributed by atoms with Gasteiger partial charge in [-0.1, -0.05) is 17.8 Å². The zero-order valence-corrected chi connectivity index (χ0v) is 17.5. The Balaban J connectivity index is 1.34. The van der Waals surface area contributed by atoms with Crippen molar-refractivity contribution in [1.29, 1.82) is 0 Å². The van der Waals surface area contributed by atoms with Crippen LogP contribution in [0.25, 0.3) is 5.69 Å². The molecule has 1 aliphatic heterocycles. The van der Waals surface area contributed by atoms with E-state index in [1.165, 1.54) is 22.9 Å². The standard InChI is InChI=1S/C21H24N6OS/c1-16-4-5-18(14-17(16)2)27-9-8-24-21(27)29-15-19(28)25-10-12-26(13-11-25)20-22-6-3-7-23-20/h3-9,14H,10-13,15H2,1-2H3. The average molecular weight is 409 g/mol. The number of imidazole rings is 1. The fourth-order valence-corrected chi connectivity index (χ4v) is 4.17. The highest BCUT2D eigenvalue weighted by Gasteiger charge is 2.23. The van der Waals surface area contributed by atoms with E-state index in [1.54, 1.807) is 18.6 Å². The van der Waals surface area contributed by atoms with Crippen LogP contribution in [0.5, 0.6) is 0 Å². The van der Waals surface area contributed by atoms with E-state index < -0.39 is 0 Å². The molecular formula is C21H24N6OS. The molecule has 150 valence electrons. The molecule has 0 atom stereocenters. The maximum Gasteiger partial charge on any atom is 0.233 e. The minimum absolute atomic E-state index is 0.137. The Hall–Kier alpha value is -2.87. The quantitative estimate of drug-likeness (QED) is 0.605. The first-order chi connectivity index (χ1) is 14.1. The van der Waals surface area contributed by atoms with Gasteiger partial charge in [-0.2, -0.15) is 0 Å². The van der Waals surface area contributed by atoms with Crippen molar-refractivity contribution in [2.45, 2.75) is 19.0 Å². The van der Waals surface area contributed by atoms with Crippen LogP contribution < -0.4 is 4.90 Å². The lowest BCUT2D eigenvalue weighted by Gasteiger charge is -2.34. The van der Waals surface area contributed by atoms with Gasteiger partial charge in [0.2, 0.25) is 11.9 Å². The number of carbonyl (C=O) groups excluding carboxylic acids is 1. The van der Waals surface area contributed by atoms with Crippen LogP contribution in [0.1, 0.15) is 11.1 Å². The number of rotatable bonds is 5. The van der Waals surface area contributed by atoms with Crippen molar-refractivity contribution >= 4 is 23.6 Å². The van der Waals surface area contributed by atoms with Crippen molar-refractivity contribution in [3.63, 3.8) is 0 Å². The number of aryl methyl sites for hydroxylation is 2. The Bertz CT molecular complexity index is 982. The predicted molar refractivity (Wildman–Crippen MR) is 115 cm³/mol. The number of thioether (sulfide) groups is 1. The van der Waals surface area contributed by atoms with E-state index in [0.717, 1.165) is 29.9 Å². The highest BCUT2D eigenvalue weighted by Crippen LogP contribution is 2.23. The van der Waals surface area contributed by atoms with Crippen molar-refractivity contribution in [1.82, 2.24) is 24.4 Å². The van der Waals surface area contributed by atoms with Crippen LogP contribution in [-0.4, -0.2) is 62.3 Å². The molecule has 29 heavy (non-hydrogen) atoms. The van der Waals surface area contributed by atoms with Crippen molar-refractivity contribution in [2.24, 2.45) is 0 Å². The second-order valence-electron chi connectivity index (χ2n) is 7.05. The molecule has 1 fully saturated rings. The Morgan fingerprint density at radius 2 is 1.76 bits per heavy atom. The van der Waals surface area contributed by atoms with Gasteiger partial charge in [0.25, 0.3) is 0 Å². The van der Waals surface area contributed by atoms with Gasteiger partial charge in [0.05, 0.1) is 5.75 Å². The summed E-state index contributed by atoms with van der Waals surface area (Å²) in [5.74, 6) is 1.24. The summed E-state index contributed by atoms with van der Waals surface area (Å²) in [7, 11) is 0. The third-order valence-electron chi connectivity index (χ3n) is 5.17. The van der Waals surface area contributed by atoms with Gasteiger partial charge in [0.1, 0.15) is 0 Å². The Morgan fingerprint density at radius 1 is 1.00 bits per heavy atom. The van der Waals surface area contributed by atoms with Gasteiger partial charge in [-0.25, -0.2) is 15.0 Å². The fraction of sp³-hybridized carbons (Fsp3) is 0.333. The van der Waals surface area contributed by atoms with Crippen LogP contribution in [0.15, 0.2) is 54.2 Å². The van der Waals surface area contributed by atoms with Gasteiger partial charge in [-0.3, -0.25) is 9.36 Å². The molecule has 1 amide bonds. The lowest BCUT2D eigenvalue weighted by Crippen LogP contribution is -2.49. The molecule has 0 unspecified atom stereocenters. The average Bonchev–Trinajstić information content (AvgIpc) is 3.23. The number of carbonyl (C=O) groups is 1. The number of hydrogen-bond donors (Lipinski definition) is 0. The normalized spacial score (nSPS) is 14.3. The Morgan fingerprint density at radius 3 is 2.48 bits per heavy atom. The van der Waals surface area contributed by atoms with E-state index in [4.69, 9.17) is 0 Å². The van der Waals surface area contributed by atoms with E-state index in [2.05, 4.69) is 51.9 Å². The van der Waals surface area contributed by atoms with Gasteiger partial charge < -0.3 is 9.80 Å². The zero-order chi connectivity index (χ0) is 20.2. The third kappa shape index (κ3) is 4.42. The summed E-state index contributed by atoms with van der Waals surface area (Å²) in [5, 5.41) is 0.831. The van der Waals surface area contributed by atoms with Crippen LogP contribution in [0.2, 0.25) is 0 Å². The molecule has 1 saturated heterocycles. The number of benzene rings is 1. The molecule has 0 spiro atoms. The molecular weight excluding hydrogens is 384 g/mol. The minimum Gasteiger partial charge on any atom is -0.338 e. The topological polar surface area (TPSA) is 67.2 Å². The molecule has 1 aromatic carbocycles. The molecule has 0 radical (unpaired) electrons. The number of hydrogen-bond acceptors (Lipinski definition) is 6. The monoisotopic (exact) mass is 408 g/mol. The smallest absolute Gasteiger partial charge is 0.233 e. The third-order valence-corrected chi connectivity index (χ3v) is 6.12. The number of nitrogens with zero attached hydrogens (tertiary/aromatic N) is 6. The first-order valence-electron chi connectivity index (χ1n) is 9.65. The zero-order valence-electron chi connectivity index (χ0n) is 16.7. The molecule has 7 nitrogen and oxygen atoms in total. The highest BCUT2D eigenvalue weighted by molar-refractivity contribution is 7.99. The molecule has 0 N–H and O–H groups in total. The SMILES string of the molecule is Cc1ccc(-n2ccnc2SCC(=O)N2CCN(c3ncccn3)CC2)cc1C. The van der Waals surface area contributed by atoms with Crippen LogP contribution in [0.3, 0.4) is 0 Å². The van der Waals surface area contributed by atoms with Crippen LogP contribution in [-0.2, 0) is 4.79 Å². The number of piperazine rings is 1. The highest BCUT2D eigenvalue weighted by atomic mass is 32.2. The van der Waals surface area contributed by atoms with E-state index >= 15 is 0 Å². The van der Waals surface area contributed by atoms with Gasteiger partial charge in [0, 0.05) is 56.7 Å². The minimum atomic E-state index is 0.137. The summed E-state index contributed by atoms with van der Waals surface area (Å²) in [6.07, 6.45) is 7.21. The number of anilines is 1. The van der Waals surface area contributed by atoms with Crippen LogP contribution in [0.4, 0.5) is 5.95 Å². The molecule has 2 aromatic heterocycles. The summed E-state index contributed by atoms with van der Waals surface area (Å²) >= 11 is 1.48. The van der Waals surface area contributed by atoms with E-state index in [0.29, 0.717) is 18.8 Å². The van der Waals surface area contributed by atoms with Gasteiger partial charge >= 0.3 is 0 Å². The van der Waals surface area contributed by atoms with Gasteiger partial charge in [-0.05, 0) is 43.2 Å². The first kappa shape index (κ1) is 19.4. The van der Waals surface area contributed by atoms with E-state index in [-0.39, 0.29) is 5.91 Å². The lowest BCUT2D eigenvalue weighted by molar-refractivity contribution is -0.128. The number of amides is 1. The second-order valence-corrected chi connectivity index (χ2v) is 8.00. The molecule has 0 bridgehead atoms. The number of aromatic nitrogens is 4. The summed E-state index contributed by atoms with van der Waals surface area (Å²) < 4.78 is 2.04. The van der Waals surface area contributed by atoms with Crippen LogP contribution in [0, 0.1) is 13.8 Å². The molecule has 8 heteroatoms. The maximum absolute atomic E-state index is 12.7. The van der Waals surface area contributed by atoms with Gasteiger partial charge in [0.15, 0.2) is 5.16 Å². The summed E-state index contributed by atoms with van der Waals surface area (Å²) in [6, 6.07) is 8.15. The predicted octanol–water partition coefficient (Wildman–Crippen LogP) is 2.72. The lowest BCUT2D eigenvalue weighted by atomic mass is 10.1. The molecule has 4 rings (SSSR count). The molecule has 0 aliphatic carbocycles. The molecule has 1 aliphatic rings. The Kier molecular flexibility index (Phi) is 5.80. The maximum atomic E-state index is 12.7. The Labute approximate surface area is 174 Å². The largest absolute Gasteiger partial charge is 0.338 e. The van der Waals surface area contributed by atoms with Gasteiger partial charge in [-0.15, -0.1) is 0 Å². The second kappa shape index (κ2) is 8.65. The van der Waals surface area contributed by atoms with E-state index in [1.807, 2.05) is 21.7 Å². The molecule has 0 saturated carbocycles. The van der Waals surface area contributed by atoms with Crippen molar-refractivity contribution in [3.8, 4) is 5.69 Å². The molecule has 3 aromatic rings. The van der Waals surface area contributed by atoms with Crippen molar-refractivity contribution in [3.05, 3.63) is 60.2 Å². The van der Waals surface area contributed by atoms with E-state index in [9.17, 15) is 4.79 Å². The summed E-state index contributed by atoms with van der Waals surface area (Å²) in [5.41, 5.74) is 3.57. The van der Waals surface area contributed by atoms with Crippen molar-refractivity contribution < 1.29 is 4.79 Å².